The summed E-state index contributed by atoms with van der Waals surface area (Å²) in [5.41, 5.74) is 3.75. The van der Waals surface area contributed by atoms with Gasteiger partial charge in [0.1, 0.15) is 5.82 Å². The number of nitrogens with zero attached hydrogens (tertiary/aromatic N) is 2. The summed E-state index contributed by atoms with van der Waals surface area (Å²) in [4.78, 5) is 18.0. The second-order valence-electron chi connectivity index (χ2n) is 5.38. The fourth-order valence-electron chi connectivity index (χ4n) is 2.71. The van der Waals surface area contributed by atoms with E-state index in [1.54, 1.807) is 0 Å². The lowest BCUT2D eigenvalue weighted by Gasteiger charge is -1.99. The van der Waals surface area contributed by atoms with E-state index >= 15 is 0 Å². The molecule has 2 heterocycles. The molecule has 4 heteroatoms. The summed E-state index contributed by atoms with van der Waals surface area (Å²) in [6, 6.07) is 19.3. The largest absolute Gasteiger partial charge is 0.327 e. The van der Waals surface area contributed by atoms with E-state index in [0.29, 0.717) is 5.56 Å². The molecule has 0 radical (unpaired) electrons. The second kappa shape index (κ2) is 5.48. The van der Waals surface area contributed by atoms with Crippen LogP contribution in [0, 0.1) is 0 Å². The lowest BCUT2D eigenvalue weighted by atomic mass is 10.1. The monoisotopic (exact) mass is 318 g/mol. The molecule has 0 spiro atoms. The van der Waals surface area contributed by atoms with Crippen LogP contribution in [0.15, 0.2) is 66.0 Å². The van der Waals surface area contributed by atoms with Crippen LogP contribution in [0.4, 0.5) is 0 Å². The van der Waals surface area contributed by atoms with Gasteiger partial charge in [0, 0.05) is 23.6 Å². The molecule has 112 valence electrons. The van der Waals surface area contributed by atoms with Gasteiger partial charge in [-0.25, -0.2) is 4.98 Å². The lowest BCUT2D eigenvalue weighted by Crippen LogP contribution is -1.97. The zero-order chi connectivity index (χ0) is 15.8. The van der Waals surface area contributed by atoms with Crippen LogP contribution < -0.4 is 0 Å². The Morgan fingerprint density at radius 3 is 2.57 bits per heavy atom. The van der Waals surface area contributed by atoms with E-state index in [-0.39, 0.29) is 5.78 Å². The van der Waals surface area contributed by atoms with E-state index in [1.807, 2.05) is 73.1 Å². The zero-order valence-electron chi connectivity index (χ0n) is 12.6. The van der Waals surface area contributed by atoms with Crippen molar-refractivity contribution in [2.45, 2.75) is 0 Å². The summed E-state index contributed by atoms with van der Waals surface area (Å²) in [5, 5.41) is 2.00. The van der Waals surface area contributed by atoms with Crippen LogP contribution in [-0.4, -0.2) is 15.3 Å². The van der Waals surface area contributed by atoms with Gasteiger partial charge in [0.15, 0.2) is 0 Å². The number of rotatable bonds is 3. The van der Waals surface area contributed by atoms with Gasteiger partial charge in [-0.15, -0.1) is 11.3 Å². The van der Waals surface area contributed by atoms with Crippen molar-refractivity contribution >= 4 is 28.2 Å². The number of hydrogen-bond acceptors (Lipinski definition) is 3. The van der Waals surface area contributed by atoms with Gasteiger partial charge in [-0.2, -0.15) is 0 Å². The summed E-state index contributed by atoms with van der Waals surface area (Å²) in [5.74, 6) is 0.940. The predicted molar refractivity (Wildman–Crippen MR) is 93.9 cm³/mol. The molecule has 0 fully saturated rings. The Kier molecular flexibility index (Phi) is 3.32. The van der Waals surface area contributed by atoms with Crippen molar-refractivity contribution in [1.29, 1.82) is 0 Å². The molecular weight excluding hydrogens is 304 g/mol. The molecule has 0 saturated carbocycles. The quantitative estimate of drug-likeness (QED) is 0.520. The van der Waals surface area contributed by atoms with Crippen LogP contribution in [0.1, 0.15) is 15.2 Å². The molecule has 4 aromatic rings. The van der Waals surface area contributed by atoms with E-state index in [0.717, 1.165) is 27.3 Å². The van der Waals surface area contributed by atoms with Crippen LogP contribution in [0.25, 0.3) is 22.4 Å². The maximum atomic E-state index is 12.5. The number of ketones is 1. The Bertz CT molecular complexity index is 999. The van der Waals surface area contributed by atoms with Crippen molar-refractivity contribution in [3.05, 3.63) is 76.5 Å². The summed E-state index contributed by atoms with van der Waals surface area (Å²) >= 11 is 1.46. The van der Waals surface area contributed by atoms with E-state index in [9.17, 15) is 4.79 Å². The molecule has 4 rings (SSSR count). The van der Waals surface area contributed by atoms with Crippen LogP contribution in [0.3, 0.4) is 0 Å². The first kappa shape index (κ1) is 13.9. The van der Waals surface area contributed by atoms with Gasteiger partial charge >= 0.3 is 0 Å². The smallest absolute Gasteiger partial charge is 0.202 e. The number of fused-ring (bicyclic) bond motifs is 1. The molecular formula is C19H14N2OS. The number of hydrogen-bond donors (Lipinski definition) is 0. The van der Waals surface area contributed by atoms with Gasteiger partial charge < -0.3 is 4.57 Å². The van der Waals surface area contributed by atoms with Crippen LogP contribution in [0.2, 0.25) is 0 Å². The maximum absolute atomic E-state index is 12.5. The van der Waals surface area contributed by atoms with E-state index < -0.39 is 0 Å². The van der Waals surface area contributed by atoms with Crippen molar-refractivity contribution in [3.63, 3.8) is 0 Å². The SMILES string of the molecule is Cn1c(-c2csc(C(=O)c3ccccc3)c2)nc2ccccc21. The number of carbonyl (C=O) groups is 1. The maximum Gasteiger partial charge on any atom is 0.202 e. The van der Waals surface area contributed by atoms with Crippen molar-refractivity contribution in [1.82, 2.24) is 9.55 Å². The van der Waals surface area contributed by atoms with Crippen LogP contribution >= 0.6 is 11.3 Å². The summed E-state index contributed by atoms with van der Waals surface area (Å²) in [7, 11) is 2.00. The number of imidazole rings is 1. The molecule has 23 heavy (non-hydrogen) atoms. The fraction of sp³-hybridized carbons (Fsp3) is 0.0526. The Hall–Kier alpha value is -2.72. The molecule has 0 amide bonds. The topological polar surface area (TPSA) is 34.9 Å². The van der Waals surface area contributed by atoms with E-state index in [2.05, 4.69) is 9.55 Å². The zero-order valence-corrected chi connectivity index (χ0v) is 13.4. The van der Waals surface area contributed by atoms with Crippen LogP contribution in [-0.2, 0) is 7.05 Å². The van der Waals surface area contributed by atoms with Gasteiger partial charge in [0.05, 0.1) is 15.9 Å². The highest BCUT2D eigenvalue weighted by atomic mass is 32.1. The highest BCUT2D eigenvalue weighted by molar-refractivity contribution is 7.12. The second-order valence-corrected chi connectivity index (χ2v) is 6.29. The van der Waals surface area contributed by atoms with Gasteiger partial charge in [-0.3, -0.25) is 4.79 Å². The van der Waals surface area contributed by atoms with Crippen molar-refractivity contribution in [3.8, 4) is 11.4 Å². The van der Waals surface area contributed by atoms with Gasteiger partial charge in [0.25, 0.3) is 0 Å². The number of benzene rings is 2. The minimum Gasteiger partial charge on any atom is -0.327 e. The van der Waals surface area contributed by atoms with Gasteiger partial charge in [-0.1, -0.05) is 42.5 Å². The van der Waals surface area contributed by atoms with Crippen molar-refractivity contribution in [2.24, 2.45) is 7.05 Å². The number of thiophene rings is 1. The molecule has 0 saturated heterocycles. The highest BCUT2D eigenvalue weighted by Crippen LogP contribution is 2.28. The molecule has 3 nitrogen and oxygen atoms in total. The molecule has 0 atom stereocenters. The first-order valence-corrected chi connectivity index (χ1v) is 8.22. The molecule has 2 aromatic heterocycles. The Morgan fingerprint density at radius 2 is 1.78 bits per heavy atom. The molecule has 0 bridgehead atoms. The number of aryl methyl sites for hydroxylation is 1. The van der Waals surface area contributed by atoms with E-state index in [1.165, 1.54) is 11.3 Å². The molecule has 0 aliphatic heterocycles. The Labute approximate surface area is 137 Å². The third-order valence-corrected chi connectivity index (χ3v) is 4.83. The number of para-hydroxylation sites is 2. The van der Waals surface area contributed by atoms with Gasteiger partial charge in [-0.05, 0) is 18.2 Å². The van der Waals surface area contributed by atoms with Crippen LogP contribution in [0.5, 0.6) is 0 Å². The summed E-state index contributed by atoms with van der Waals surface area (Å²) in [6.07, 6.45) is 0. The molecule has 0 aliphatic rings. The van der Waals surface area contributed by atoms with Gasteiger partial charge in [0.2, 0.25) is 5.78 Å². The van der Waals surface area contributed by atoms with E-state index in [4.69, 9.17) is 0 Å². The Morgan fingerprint density at radius 1 is 1.04 bits per heavy atom. The third kappa shape index (κ3) is 2.37. The fourth-order valence-corrected chi connectivity index (χ4v) is 3.56. The standard InChI is InChI=1S/C19H14N2OS/c1-21-16-10-6-5-9-15(16)20-19(21)14-11-17(23-12-14)18(22)13-7-3-2-4-8-13/h2-12H,1H3. The normalized spacial score (nSPS) is 11.0. The molecule has 0 aliphatic carbocycles. The highest BCUT2D eigenvalue weighted by Gasteiger charge is 2.15. The Balaban J connectivity index is 1.75. The number of carbonyl (C=O) groups excluding carboxylic acids is 1. The average molecular weight is 318 g/mol. The molecule has 0 N–H and O–H groups in total. The van der Waals surface area contributed by atoms with Crippen molar-refractivity contribution < 1.29 is 4.79 Å². The minimum atomic E-state index is 0.0561. The summed E-state index contributed by atoms with van der Waals surface area (Å²) < 4.78 is 2.06. The summed E-state index contributed by atoms with van der Waals surface area (Å²) in [6.45, 7) is 0. The minimum absolute atomic E-state index is 0.0561. The first-order chi connectivity index (χ1) is 11.2. The predicted octanol–water partition coefficient (Wildman–Crippen LogP) is 4.53. The number of aromatic nitrogens is 2. The lowest BCUT2D eigenvalue weighted by molar-refractivity contribution is 0.104. The van der Waals surface area contributed by atoms with Crippen molar-refractivity contribution in [2.75, 3.05) is 0 Å². The average Bonchev–Trinajstić information content (AvgIpc) is 3.20. The molecule has 0 unspecified atom stereocenters. The third-order valence-electron chi connectivity index (χ3n) is 3.90. The first-order valence-electron chi connectivity index (χ1n) is 7.34. The molecule has 2 aromatic carbocycles.